The number of hydrogen-bond acceptors (Lipinski definition) is 4. The molecule has 6 nitrogen and oxygen atoms in total. The molecule has 21 heavy (non-hydrogen) atoms. The first-order chi connectivity index (χ1) is 10.0. The number of carboxylic acids is 1. The van der Waals surface area contributed by atoms with E-state index in [9.17, 15) is 9.59 Å². The van der Waals surface area contributed by atoms with Crippen molar-refractivity contribution in [3.63, 3.8) is 0 Å². The van der Waals surface area contributed by atoms with Crippen LogP contribution in [-0.2, 0) is 6.54 Å². The summed E-state index contributed by atoms with van der Waals surface area (Å²) in [7, 11) is 1.41. The van der Waals surface area contributed by atoms with E-state index in [1.165, 1.54) is 13.2 Å². The van der Waals surface area contributed by atoms with Gasteiger partial charge >= 0.3 is 5.97 Å². The molecule has 2 N–H and O–H groups in total. The minimum absolute atomic E-state index is 0.0538. The summed E-state index contributed by atoms with van der Waals surface area (Å²) in [4.78, 5) is 22.9. The molecule has 0 radical (unpaired) electrons. The largest absolute Gasteiger partial charge is 0.496 e. The molecule has 1 aromatic heterocycles. The molecule has 1 aromatic carbocycles. The van der Waals surface area contributed by atoms with E-state index >= 15 is 0 Å². The minimum Gasteiger partial charge on any atom is -0.496 e. The second kappa shape index (κ2) is 6.13. The van der Waals surface area contributed by atoms with Gasteiger partial charge in [-0.1, -0.05) is 6.07 Å². The van der Waals surface area contributed by atoms with Gasteiger partial charge in [-0.3, -0.25) is 4.79 Å². The maximum absolute atomic E-state index is 11.8. The van der Waals surface area contributed by atoms with Gasteiger partial charge in [0.05, 0.1) is 7.11 Å². The van der Waals surface area contributed by atoms with Crippen LogP contribution in [0.15, 0.2) is 34.7 Å². The first kappa shape index (κ1) is 14.6. The molecule has 2 aromatic rings. The van der Waals surface area contributed by atoms with Crippen LogP contribution < -0.4 is 10.1 Å². The Morgan fingerprint density at radius 1 is 1.29 bits per heavy atom. The quantitative estimate of drug-likeness (QED) is 0.881. The maximum Gasteiger partial charge on any atom is 0.339 e. The molecule has 110 valence electrons. The molecule has 0 bridgehead atoms. The molecule has 0 aliphatic carbocycles. The molecule has 0 aliphatic heterocycles. The molecule has 1 amide bonds. The van der Waals surface area contributed by atoms with Crippen LogP contribution in [-0.4, -0.2) is 24.1 Å². The van der Waals surface area contributed by atoms with Crippen LogP contribution in [0.2, 0.25) is 0 Å². The normalized spacial score (nSPS) is 10.2. The highest BCUT2D eigenvalue weighted by Gasteiger charge is 2.13. The van der Waals surface area contributed by atoms with Gasteiger partial charge in [0.25, 0.3) is 5.91 Å². The van der Waals surface area contributed by atoms with E-state index in [-0.39, 0.29) is 29.5 Å². The number of aryl methyl sites for hydroxylation is 1. The number of carbonyl (C=O) groups excluding carboxylic acids is 1. The van der Waals surface area contributed by atoms with E-state index in [2.05, 4.69) is 5.32 Å². The molecule has 1 heterocycles. The monoisotopic (exact) mass is 289 g/mol. The standard InChI is InChI=1S/C15H15NO5/c1-9-3-5-13(21-9)14(17)16-8-10-4-6-12(20-2)11(7-10)15(18)19/h3-7H,8H2,1-2H3,(H,16,17)(H,18,19). The molecule has 2 rings (SSSR count). The highest BCUT2D eigenvalue weighted by Crippen LogP contribution is 2.20. The second-order valence-corrected chi connectivity index (χ2v) is 4.43. The van der Waals surface area contributed by atoms with Crippen molar-refractivity contribution in [3.05, 3.63) is 53.0 Å². The Morgan fingerprint density at radius 3 is 2.62 bits per heavy atom. The molecule has 0 saturated heterocycles. The Kier molecular flexibility index (Phi) is 4.27. The maximum atomic E-state index is 11.8. The zero-order chi connectivity index (χ0) is 15.4. The van der Waals surface area contributed by atoms with Crippen molar-refractivity contribution in [1.82, 2.24) is 5.32 Å². The topological polar surface area (TPSA) is 88.8 Å². The Labute approximate surface area is 121 Å². The Bertz CT molecular complexity index is 674. The average molecular weight is 289 g/mol. The molecule has 0 unspecified atom stereocenters. The predicted octanol–water partition coefficient (Wildman–Crippen LogP) is 2.22. The van der Waals surface area contributed by atoms with Crippen LogP contribution in [0.4, 0.5) is 0 Å². The van der Waals surface area contributed by atoms with E-state index in [1.807, 2.05) is 0 Å². The number of methoxy groups -OCH3 is 1. The number of carbonyl (C=O) groups is 2. The van der Waals surface area contributed by atoms with Gasteiger partial charge in [-0.2, -0.15) is 0 Å². The Hall–Kier alpha value is -2.76. The third-order valence-corrected chi connectivity index (χ3v) is 2.91. The Morgan fingerprint density at radius 2 is 2.05 bits per heavy atom. The number of carboxylic acid groups (broad SMARTS) is 1. The summed E-state index contributed by atoms with van der Waals surface area (Å²) in [6, 6.07) is 8.00. The molecule has 0 saturated carbocycles. The number of aromatic carboxylic acids is 1. The van der Waals surface area contributed by atoms with Crippen molar-refractivity contribution in [2.45, 2.75) is 13.5 Å². The van der Waals surface area contributed by atoms with Crippen LogP contribution in [0, 0.1) is 6.92 Å². The molecule has 0 spiro atoms. The van der Waals surface area contributed by atoms with Gasteiger partial charge in [0.2, 0.25) is 0 Å². The fraction of sp³-hybridized carbons (Fsp3) is 0.200. The number of furan rings is 1. The van der Waals surface area contributed by atoms with Gasteiger partial charge in [0, 0.05) is 6.54 Å². The van der Waals surface area contributed by atoms with Gasteiger partial charge in [-0.25, -0.2) is 4.79 Å². The predicted molar refractivity (Wildman–Crippen MR) is 74.6 cm³/mol. The van der Waals surface area contributed by atoms with Gasteiger partial charge in [-0.05, 0) is 36.8 Å². The summed E-state index contributed by atoms with van der Waals surface area (Å²) in [5, 5.41) is 11.8. The fourth-order valence-electron chi connectivity index (χ4n) is 1.86. The number of rotatable bonds is 5. The summed E-state index contributed by atoms with van der Waals surface area (Å²) in [6.45, 7) is 1.95. The minimum atomic E-state index is -1.08. The summed E-state index contributed by atoms with van der Waals surface area (Å²) in [6.07, 6.45) is 0. The first-order valence-corrected chi connectivity index (χ1v) is 6.26. The van der Waals surface area contributed by atoms with Gasteiger partial charge in [0.1, 0.15) is 17.1 Å². The van der Waals surface area contributed by atoms with Crippen LogP contribution >= 0.6 is 0 Å². The van der Waals surface area contributed by atoms with Crippen molar-refractivity contribution >= 4 is 11.9 Å². The van der Waals surface area contributed by atoms with Gasteiger partial charge in [0.15, 0.2) is 5.76 Å². The van der Waals surface area contributed by atoms with E-state index in [1.54, 1.807) is 31.2 Å². The van der Waals surface area contributed by atoms with Gasteiger partial charge in [-0.15, -0.1) is 0 Å². The van der Waals surface area contributed by atoms with Crippen molar-refractivity contribution in [1.29, 1.82) is 0 Å². The average Bonchev–Trinajstić information content (AvgIpc) is 2.91. The summed E-state index contributed by atoms with van der Waals surface area (Å²) in [5.74, 6) is -0.283. The summed E-state index contributed by atoms with van der Waals surface area (Å²) < 4.78 is 10.2. The van der Waals surface area contributed by atoms with Crippen LogP contribution in [0.5, 0.6) is 5.75 Å². The van der Waals surface area contributed by atoms with Gasteiger partial charge < -0.3 is 19.6 Å². The second-order valence-electron chi connectivity index (χ2n) is 4.43. The highest BCUT2D eigenvalue weighted by atomic mass is 16.5. The highest BCUT2D eigenvalue weighted by molar-refractivity contribution is 5.92. The lowest BCUT2D eigenvalue weighted by Crippen LogP contribution is -2.22. The molecule has 0 fully saturated rings. The molecular formula is C15H15NO5. The van der Waals surface area contributed by atoms with E-state index < -0.39 is 5.97 Å². The number of amides is 1. The van der Waals surface area contributed by atoms with Crippen LogP contribution in [0.3, 0.4) is 0 Å². The lowest BCUT2D eigenvalue weighted by Gasteiger charge is -2.08. The van der Waals surface area contributed by atoms with E-state index in [0.29, 0.717) is 11.3 Å². The number of nitrogens with one attached hydrogen (secondary N) is 1. The van der Waals surface area contributed by atoms with E-state index in [0.717, 1.165) is 0 Å². The molecule has 0 atom stereocenters. The third kappa shape index (κ3) is 3.42. The molecule has 0 aliphatic rings. The van der Waals surface area contributed by atoms with Crippen LogP contribution in [0.25, 0.3) is 0 Å². The van der Waals surface area contributed by atoms with Crippen molar-refractivity contribution < 1.29 is 23.8 Å². The number of hydrogen-bond donors (Lipinski definition) is 2. The van der Waals surface area contributed by atoms with Crippen molar-refractivity contribution in [3.8, 4) is 5.75 Å². The zero-order valence-corrected chi connectivity index (χ0v) is 11.7. The van der Waals surface area contributed by atoms with Crippen LogP contribution in [0.1, 0.15) is 32.2 Å². The molecular weight excluding hydrogens is 274 g/mol. The van der Waals surface area contributed by atoms with Crippen molar-refractivity contribution in [2.75, 3.05) is 7.11 Å². The third-order valence-electron chi connectivity index (χ3n) is 2.91. The van der Waals surface area contributed by atoms with E-state index in [4.69, 9.17) is 14.3 Å². The number of ether oxygens (including phenoxy) is 1. The smallest absolute Gasteiger partial charge is 0.339 e. The lowest BCUT2D eigenvalue weighted by molar-refractivity contribution is 0.0693. The lowest BCUT2D eigenvalue weighted by atomic mass is 10.1. The fourth-order valence-corrected chi connectivity index (χ4v) is 1.86. The zero-order valence-electron chi connectivity index (χ0n) is 11.7. The van der Waals surface area contributed by atoms with Crippen molar-refractivity contribution in [2.24, 2.45) is 0 Å². The first-order valence-electron chi connectivity index (χ1n) is 6.26. The molecule has 6 heteroatoms. The SMILES string of the molecule is COc1ccc(CNC(=O)c2ccc(C)o2)cc1C(=O)O. The summed E-state index contributed by atoms with van der Waals surface area (Å²) in [5.41, 5.74) is 0.711. The number of benzene rings is 1. The summed E-state index contributed by atoms with van der Waals surface area (Å²) >= 11 is 0. The Balaban J connectivity index is 2.08.